The number of aliphatic carboxylic acids is 1. The molecule has 0 aromatic carbocycles. The van der Waals surface area contributed by atoms with Crippen LogP contribution in [-0.2, 0) is 13.9 Å². The maximum atomic E-state index is 9.90. The van der Waals surface area contributed by atoms with Crippen LogP contribution in [0.15, 0.2) is 0 Å². The minimum absolute atomic E-state index is 0.236. The van der Waals surface area contributed by atoms with E-state index in [1.165, 1.54) is 0 Å². The van der Waals surface area contributed by atoms with E-state index in [2.05, 4.69) is 4.52 Å². The topological polar surface area (TPSA) is 89.6 Å². The summed E-state index contributed by atoms with van der Waals surface area (Å²) in [6, 6.07) is -1.09. The zero-order valence-electron chi connectivity index (χ0n) is 4.48. The van der Waals surface area contributed by atoms with Crippen LogP contribution in [0.25, 0.3) is 0 Å². The Labute approximate surface area is 53.1 Å². The van der Waals surface area contributed by atoms with Crippen LogP contribution in [0.2, 0.25) is 0 Å². The molecule has 3 N–H and O–H groups in total. The Morgan fingerprint density at radius 3 is 2.78 bits per heavy atom. The van der Waals surface area contributed by atoms with E-state index in [0.29, 0.717) is 0 Å². The van der Waals surface area contributed by atoms with E-state index in [-0.39, 0.29) is 6.61 Å². The Bertz CT molecular complexity index is 116. The second-order valence-electron chi connectivity index (χ2n) is 1.32. The first kappa shape index (κ1) is 8.49. The van der Waals surface area contributed by atoms with Gasteiger partial charge >= 0.3 is 14.7 Å². The lowest BCUT2D eigenvalue weighted by atomic mass is 10.3. The van der Waals surface area contributed by atoms with Gasteiger partial charge in [-0.25, -0.2) is 4.57 Å². The third-order valence-electron chi connectivity index (χ3n) is 0.624. The molecule has 0 heterocycles. The van der Waals surface area contributed by atoms with Crippen molar-refractivity contribution in [3.63, 3.8) is 0 Å². The minimum Gasteiger partial charge on any atom is -0.480 e. The number of rotatable bonds is 4. The largest absolute Gasteiger partial charge is 0.480 e. The Morgan fingerprint density at radius 2 is 2.44 bits per heavy atom. The van der Waals surface area contributed by atoms with Crippen molar-refractivity contribution in [1.29, 1.82) is 0 Å². The SMILES string of the molecule is N[C@@H](COP=O)C(=O)O. The maximum Gasteiger partial charge on any atom is 0.327 e. The fraction of sp³-hybridized carbons (Fsp3) is 0.667. The Balaban J connectivity index is 3.37. The molecule has 0 rings (SSSR count). The van der Waals surface area contributed by atoms with Crippen molar-refractivity contribution in [2.24, 2.45) is 5.73 Å². The van der Waals surface area contributed by atoms with Crippen LogP contribution in [-0.4, -0.2) is 23.7 Å². The van der Waals surface area contributed by atoms with Crippen molar-refractivity contribution in [2.75, 3.05) is 6.61 Å². The lowest BCUT2D eigenvalue weighted by Gasteiger charge is -1.99. The lowest BCUT2D eigenvalue weighted by Crippen LogP contribution is -2.33. The molecule has 0 aromatic rings. The number of carboxylic acid groups (broad SMARTS) is 1. The molecule has 1 atom stereocenters. The predicted molar refractivity (Wildman–Crippen MR) is 29.2 cm³/mol. The molecule has 52 valence electrons. The molecule has 0 unspecified atom stereocenters. The molecule has 0 radical (unpaired) electrons. The molecule has 0 aromatic heterocycles. The maximum absolute atomic E-state index is 9.90. The van der Waals surface area contributed by atoms with Gasteiger partial charge in [0, 0.05) is 0 Å². The van der Waals surface area contributed by atoms with E-state index in [0.717, 1.165) is 0 Å². The normalized spacial score (nSPS) is 13.4. The van der Waals surface area contributed by atoms with E-state index in [4.69, 9.17) is 10.8 Å². The van der Waals surface area contributed by atoms with Gasteiger partial charge in [-0.15, -0.1) is 0 Å². The zero-order valence-corrected chi connectivity index (χ0v) is 5.38. The van der Waals surface area contributed by atoms with E-state index < -0.39 is 20.7 Å². The summed E-state index contributed by atoms with van der Waals surface area (Å²) in [6.07, 6.45) is 0. The average Bonchev–Trinajstić information content (AvgIpc) is 1.82. The molecule has 0 fully saturated rings. The first-order valence-electron chi connectivity index (χ1n) is 2.11. The number of carbonyl (C=O) groups is 1. The first-order valence-corrected chi connectivity index (χ1v) is 2.84. The quantitative estimate of drug-likeness (QED) is 0.534. The fourth-order valence-corrected chi connectivity index (χ4v) is 0.403. The molecule has 0 aliphatic rings. The number of nitrogens with two attached hydrogens (primary N) is 1. The van der Waals surface area contributed by atoms with Gasteiger partial charge in [-0.2, -0.15) is 0 Å². The molecule has 9 heavy (non-hydrogen) atoms. The van der Waals surface area contributed by atoms with Crippen molar-refractivity contribution in [3.05, 3.63) is 0 Å². The summed E-state index contributed by atoms with van der Waals surface area (Å²) in [7, 11) is -0.548. The minimum atomic E-state index is -1.17. The van der Waals surface area contributed by atoms with Gasteiger partial charge in [-0.05, 0) is 0 Å². The molecule has 0 saturated carbocycles. The smallest absolute Gasteiger partial charge is 0.327 e. The highest BCUT2D eigenvalue weighted by Gasteiger charge is 2.10. The Hall–Kier alpha value is -0.510. The molecular weight excluding hydrogens is 145 g/mol. The van der Waals surface area contributed by atoms with Crippen molar-refractivity contribution >= 4 is 14.7 Å². The summed E-state index contributed by atoms with van der Waals surface area (Å²) >= 11 is 0. The summed E-state index contributed by atoms with van der Waals surface area (Å²) < 4.78 is 13.7. The van der Waals surface area contributed by atoms with Gasteiger partial charge in [0.15, 0.2) is 0 Å². The van der Waals surface area contributed by atoms with Gasteiger partial charge in [-0.3, -0.25) is 9.32 Å². The molecule has 0 aliphatic carbocycles. The Kier molecular flexibility index (Phi) is 4.13. The molecule has 0 bridgehead atoms. The zero-order chi connectivity index (χ0) is 7.28. The molecule has 6 heteroatoms. The third-order valence-corrected chi connectivity index (χ3v) is 0.878. The van der Waals surface area contributed by atoms with E-state index in [9.17, 15) is 9.36 Å². The number of hydrogen-bond acceptors (Lipinski definition) is 4. The molecule has 5 nitrogen and oxygen atoms in total. The molecule has 0 aliphatic heterocycles. The highest BCUT2D eigenvalue weighted by atomic mass is 31.1. The molecule has 0 amide bonds. The van der Waals surface area contributed by atoms with Crippen LogP contribution < -0.4 is 5.73 Å². The highest BCUT2D eigenvalue weighted by molar-refractivity contribution is 7.17. The molecular formula is C3H6NO4P. The van der Waals surface area contributed by atoms with E-state index in [1.54, 1.807) is 0 Å². The molecule has 0 saturated heterocycles. The van der Waals surface area contributed by atoms with Crippen LogP contribution in [0.4, 0.5) is 0 Å². The van der Waals surface area contributed by atoms with Gasteiger partial charge < -0.3 is 10.8 Å². The van der Waals surface area contributed by atoms with Crippen molar-refractivity contribution in [3.8, 4) is 0 Å². The fourth-order valence-electron chi connectivity index (χ4n) is 0.182. The van der Waals surface area contributed by atoms with Gasteiger partial charge in [0.2, 0.25) is 0 Å². The Morgan fingerprint density at radius 1 is 1.89 bits per heavy atom. The standard InChI is InChI=1S/C3H6NO4P/c4-2(3(5)6)1-8-9-7/h2H,1,4H2,(H,5,6)/t2-/m0/s1. The third kappa shape index (κ3) is 4.02. The summed E-state index contributed by atoms with van der Waals surface area (Å²) in [5.74, 6) is -1.17. The summed E-state index contributed by atoms with van der Waals surface area (Å²) in [6.45, 7) is -0.236. The molecule has 0 spiro atoms. The highest BCUT2D eigenvalue weighted by Crippen LogP contribution is 1.94. The van der Waals surface area contributed by atoms with Gasteiger partial charge in [-0.1, -0.05) is 0 Å². The van der Waals surface area contributed by atoms with E-state index in [1.807, 2.05) is 0 Å². The lowest BCUT2D eigenvalue weighted by molar-refractivity contribution is -0.139. The summed E-state index contributed by atoms with van der Waals surface area (Å²) in [5.41, 5.74) is 4.93. The first-order chi connectivity index (χ1) is 4.18. The summed E-state index contributed by atoms with van der Waals surface area (Å²) in [4.78, 5) is 9.90. The average molecular weight is 151 g/mol. The van der Waals surface area contributed by atoms with Crippen LogP contribution in [0.5, 0.6) is 0 Å². The van der Waals surface area contributed by atoms with Gasteiger partial charge in [0.1, 0.15) is 6.04 Å². The van der Waals surface area contributed by atoms with Crippen molar-refractivity contribution < 1.29 is 19.0 Å². The van der Waals surface area contributed by atoms with Crippen LogP contribution in [0.1, 0.15) is 0 Å². The number of carboxylic acids is 1. The van der Waals surface area contributed by atoms with Crippen LogP contribution in [0, 0.1) is 0 Å². The van der Waals surface area contributed by atoms with Crippen molar-refractivity contribution in [2.45, 2.75) is 6.04 Å². The van der Waals surface area contributed by atoms with Crippen LogP contribution >= 0.6 is 8.69 Å². The van der Waals surface area contributed by atoms with Crippen molar-refractivity contribution in [1.82, 2.24) is 0 Å². The second kappa shape index (κ2) is 4.38. The van der Waals surface area contributed by atoms with E-state index >= 15 is 0 Å². The predicted octanol–water partition coefficient (Wildman–Crippen LogP) is -0.378. The van der Waals surface area contributed by atoms with Gasteiger partial charge in [0.25, 0.3) is 0 Å². The van der Waals surface area contributed by atoms with Gasteiger partial charge in [0.05, 0.1) is 6.61 Å². The second-order valence-corrected chi connectivity index (χ2v) is 1.72. The number of hydrogen-bond donors (Lipinski definition) is 2. The summed E-state index contributed by atoms with van der Waals surface area (Å²) in [5, 5.41) is 8.10. The monoisotopic (exact) mass is 151 g/mol. The van der Waals surface area contributed by atoms with Crippen LogP contribution in [0.3, 0.4) is 0 Å².